The first kappa shape index (κ1) is 14.5. The van der Waals surface area contributed by atoms with Crippen LogP contribution in [0.25, 0.3) is 0 Å². The maximum atomic E-state index is 5.41. The molecule has 2 saturated carbocycles. The van der Waals surface area contributed by atoms with E-state index < -0.39 is 0 Å². The summed E-state index contributed by atoms with van der Waals surface area (Å²) >= 11 is 0. The average molecular weight is 239 g/mol. The van der Waals surface area contributed by atoms with E-state index >= 15 is 0 Å². The van der Waals surface area contributed by atoms with Crippen LogP contribution in [-0.4, -0.2) is 6.54 Å². The van der Waals surface area contributed by atoms with Crippen molar-refractivity contribution >= 4 is 0 Å². The molecule has 0 spiro atoms. The third-order valence-electron chi connectivity index (χ3n) is 3.30. The minimum absolute atomic E-state index is 0. The molecule has 2 N–H and O–H groups in total. The van der Waals surface area contributed by atoms with Gasteiger partial charge in [-0.15, -0.1) is 0 Å². The van der Waals surface area contributed by atoms with Gasteiger partial charge in [0.25, 0.3) is 0 Å². The van der Waals surface area contributed by atoms with Gasteiger partial charge in [0.05, 0.1) is 0 Å². The Morgan fingerprint density at radius 1 is 0.786 bits per heavy atom. The molecule has 2 fully saturated rings. The molecule has 86 valence electrons. The van der Waals surface area contributed by atoms with Crippen LogP contribution < -0.4 is 5.73 Å². The Morgan fingerprint density at radius 2 is 1.21 bits per heavy atom. The van der Waals surface area contributed by atoms with E-state index in [0.717, 1.165) is 12.5 Å². The number of hydrogen-bond donors (Lipinski definition) is 1. The summed E-state index contributed by atoms with van der Waals surface area (Å²) in [5.74, 6) is 0.986. The molecule has 0 aromatic heterocycles. The molecule has 1 nitrogen and oxygen atoms in total. The second kappa shape index (κ2) is 10.0. The van der Waals surface area contributed by atoms with Crippen molar-refractivity contribution in [3.05, 3.63) is 0 Å². The molecule has 0 heterocycles. The molecule has 14 heavy (non-hydrogen) atoms. The van der Waals surface area contributed by atoms with Gasteiger partial charge in [0.1, 0.15) is 0 Å². The SMILES string of the molecule is C1CCCC1.NCCC1CCCC1.[Fe]. The third kappa shape index (κ3) is 6.86. The summed E-state index contributed by atoms with van der Waals surface area (Å²) < 4.78 is 0. The molecule has 0 unspecified atom stereocenters. The van der Waals surface area contributed by atoms with E-state index in [1.54, 1.807) is 0 Å². The molecule has 0 aromatic carbocycles. The zero-order valence-corrected chi connectivity index (χ0v) is 10.4. The molecule has 2 heteroatoms. The number of hydrogen-bond acceptors (Lipinski definition) is 1. The maximum absolute atomic E-state index is 5.41. The van der Waals surface area contributed by atoms with Crippen molar-refractivity contribution in [2.45, 2.75) is 64.2 Å². The number of rotatable bonds is 2. The maximum Gasteiger partial charge on any atom is 0 e. The first-order valence-electron chi connectivity index (χ1n) is 6.13. The molecule has 0 aromatic rings. The smallest absolute Gasteiger partial charge is 0 e. The standard InChI is InChI=1S/C7H15N.C5H10.Fe/c8-6-5-7-3-1-2-4-7;1-2-4-5-3-1;/h7H,1-6,8H2;1-5H2;. The monoisotopic (exact) mass is 239 g/mol. The summed E-state index contributed by atoms with van der Waals surface area (Å²) in [7, 11) is 0. The molecule has 0 atom stereocenters. The van der Waals surface area contributed by atoms with Crippen molar-refractivity contribution in [3.8, 4) is 0 Å². The van der Waals surface area contributed by atoms with Crippen molar-refractivity contribution in [2.75, 3.05) is 6.54 Å². The van der Waals surface area contributed by atoms with Gasteiger partial charge < -0.3 is 5.73 Å². The predicted molar refractivity (Wildman–Crippen MR) is 58.7 cm³/mol. The fraction of sp³-hybridized carbons (Fsp3) is 1.00. The summed E-state index contributed by atoms with van der Waals surface area (Å²) in [6, 6.07) is 0. The summed E-state index contributed by atoms with van der Waals surface area (Å²) in [6.07, 6.45) is 14.5. The van der Waals surface area contributed by atoms with Crippen LogP contribution in [0.1, 0.15) is 64.2 Å². The van der Waals surface area contributed by atoms with Gasteiger partial charge >= 0.3 is 0 Å². The van der Waals surface area contributed by atoms with E-state index in [4.69, 9.17) is 5.73 Å². The van der Waals surface area contributed by atoms with Crippen LogP contribution in [0.15, 0.2) is 0 Å². The molecular weight excluding hydrogens is 214 g/mol. The van der Waals surface area contributed by atoms with E-state index in [2.05, 4.69) is 0 Å². The van der Waals surface area contributed by atoms with Crippen LogP contribution >= 0.6 is 0 Å². The Labute approximate surface area is 99.7 Å². The minimum Gasteiger partial charge on any atom is -0.330 e. The molecule has 0 amide bonds. The van der Waals surface area contributed by atoms with Gasteiger partial charge in [-0.2, -0.15) is 0 Å². The van der Waals surface area contributed by atoms with E-state index in [1.807, 2.05) is 0 Å². The van der Waals surface area contributed by atoms with Crippen molar-refractivity contribution in [1.82, 2.24) is 0 Å². The fourth-order valence-corrected chi connectivity index (χ4v) is 2.42. The van der Waals surface area contributed by atoms with Crippen LogP contribution in [0.5, 0.6) is 0 Å². The van der Waals surface area contributed by atoms with Gasteiger partial charge in [0, 0.05) is 17.1 Å². The Balaban J connectivity index is 0.000000246. The summed E-state index contributed by atoms with van der Waals surface area (Å²) in [6.45, 7) is 0.894. The summed E-state index contributed by atoms with van der Waals surface area (Å²) in [4.78, 5) is 0. The molecule has 0 saturated heterocycles. The van der Waals surface area contributed by atoms with Gasteiger partial charge in [-0.1, -0.05) is 57.8 Å². The van der Waals surface area contributed by atoms with E-state index in [1.165, 1.54) is 64.2 Å². The van der Waals surface area contributed by atoms with Crippen LogP contribution in [0.3, 0.4) is 0 Å². The topological polar surface area (TPSA) is 26.0 Å². The fourth-order valence-electron chi connectivity index (χ4n) is 2.42. The van der Waals surface area contributed by atoms with Crippen molar-refractivity contribution in [2.24, 2.45) is 11.7 Å². The van der Waals surface area contributed by atoms with E-state index in [9.17, 15) is 0 Å². The van der Waals surface area contributed by atoms with Gasteiger partial charge in [0.2, 0.25) is 0 Å². The summed E-state index contributed by atoms with van der Waals surface area (Å²) in [5.41, 5.74) is 5.41. The van der Waals surface area contributed by atoms with E-state index in [-0.39, 0.29) is 17.1 Å². The molecular formula is C12H25FeN. The molecule has 2 aliphatic carbocycles. The van der Waals surface area contributed by atoms with Crippen molar-refractivity contribution < 1.29 is 17.1 Å². The molecule has 2 rings (SSSR count). The zero-order chi connectivity index (χ0) is 9.36. The van der Waals surface area contributed by atoms with Crippen molar-refractivity contribution in [3.63, 3.8) is 0 Å². The minimum atomic E-state index is 0. The number of nitrogens with two attached hydrogens (primary N) is 1. The first-order valence-corrected chi connectivity index (χ1v) is 6.13. The molecule has 0 aliphatic heterocycles. The van der Waals surface area contributed by atoms with Gasteiger partial charge in [0.15, 0.2) is 0 Å². The molecule has 0 radical (unpaired) electrons. The van der Waals surface area contributed by atoms with Crippen LogP contribution in [-0.2, 0) is 17.1 Å². The second-order valence-corrected chi connectivity index (χ2v) is 4.50. The average Bonchev–Trinajstić information content (AvgIpc) is 2.79. The summed E-state index contributed by atoms with van der Waals surface area (Å²) in [5, 5.41) is 0. The quantitative estimate of drug-likeness (QED) is 0.733. The van der Waals surface area contributed by atoms with Crippen LogP contribution in [0.4, 0.5) is 0 Å². The van der Waals surface area contributed by atoms with Gasteiger partial charge in [-0.25, -0.2) is 0 Å². The predicted octanol–water partition coefficient (Wildman–Crippen LogP) is 3.47. The first-order chi connectivity index (χ1) is 6.43. The Bertz CT molecular complexity index is 99.3. The van der Waals surface area contributed by atoms with Gasteiger partial charge in [-0.05, 0) is 18.9 Å². The Morgan fingerprint density at radius 3 is 1.57 bits per heavy atom. The van der Waals surface area contributed by atoms with Crippen molar-refractivity contribution in [1.29, 1.82) is 0 Å². The molecule has 0 bridgehead atoms. The normalized spacial score (nSPS) is 21.2. The molecule has 2 aliphatic rings. The van der Waals surface area contributed by atoms with Crippen LogP contribution in [0.2, 0.25) is 0 Å². The Hall–Kier alpha value is 0.479. The van der Waals surface area contributed by atoms with Crippen LogP contribution in [0, 0.1) is 5.92 Å². The van der Waals surface area contributed by atoms with Gasteiger partial charge in [-0.3, -0.25) is 0 Å². The second-order valence-electron chi connectivity index (χ2n) is 4.50. The zero-order valence-electron chi connectivity index (χ0n) is 9.29. The van der Waals surface area contributed by atoms with E-state index in [0.29, 0.717) is 0 Å². The third-order valence-corrected chi connectivity index (χ3v) is 3.30. The largest absolute Gasteiger partial charge is 0.330 e. The Kier molecular flexibility index (Phi) is 10.4.